The minimum Gasteiger partial charge on any atom is -0.376 e. The highest BCUT2D eigenvalue weighted by Gasteiger charge is 1.90. The van der Waals surface area contributed by atoms with Crippen LogP contribution in [0.2, 0.25) is 0 Å². The molecule has 0 fully saturated rings. The Morgan fingerprint density at radius 1 is 1.17 bits per heavy atom. The van der Waals surface area contributed by atoms with Gasteiger partial charge in [-0.1, -0.05) is 30.4 Å². The average molecular weight is 178 g/mol. The first-order valence-electron chi connectivity index (χ1n) is 3.57. The number of allylic oxidation sites excluding steroid dienone is 7. The number of hydrogen-bond donors (Lipinski definition) is 2. The molecule has 1 rings (SSSR count). The number of nitrogens with two attached hydrogens (primary N) is 1. The third kappa shape index (κ3) is 3.16. The van der Waals surface area contributed by atoms with Crippen LogP contribution in [0.1, 0.15) is 0 Å². The second-order valence-corrected chi connectivity index (χ2v) is 2.68. The summed E-state index contributed by atoms with van der Waals surface area (Å²) in [5.41, 5.74) is 6.21. The molecule has 3 heteroatoms. The molecule has 0 aromatic carbocycles. The van der Waals surface area contributed by atoms with Gasteiger partial charge < -0.3 is 11.1 Å². The van der Waals surface area contributed by atoms with Crippen LogP contribution in [-0.4, -0.2) is 5.11 Å². The highest BCUT2D eigenvalue weighted by Crippen LogP contribution is 1.96. The molecule has 62 valence electrons. The lowest BCUT2D eigenvalue weighted by molar-refractivity contribution is 1.18. The van der Waals surface area contributed by atoms with Crippen molar-refractivity contribution < 1.29 is 0 Å². The Labute approximate surface area is 77.1 Å². The Kier molecular flexibility index (Phi) is 3.29. The summed E-state index contributed by atoms with van der Waals surface area (Å²) < 4.78 is 0. The van der Waals surface area contributed by atoms with Crippen LogP contribution in [0, 0.1) is 0 Å². The predicted octanol–water partition coefficient (Wildman–Crippen LogP) is 1.39. The van der Waals surface area contributed by atoms with Crippen LogP contribution in [-0.2, 0) is 0 Å². The average Bonchev–Trinajstić information content (AvgIpc) is 1.93. The minimum absolute atomic E-state index is 0.281. The van der Waals surface area contributed by atoms with Crippen LogP contribution >= 0.6 is 12.2 Å². The number of hydrogen-bond acceptors (Lipinski definition) is 1. The van der Waals surface area contributed by atoms with Gasteiger partial charge in [0.05, 0.1) is 0 Å². The van der Waals surface area contributed by atoms with Crippen molar-refractivity contribution in [1.82, 2.24) is 5.32 Å². The molecule has 0 amide bonds. The van der Waals surface area contributed by atoms with Crippen LogP contribution in [0.5, 0.6) is 0 Å². The van der Waals surface area contributed by atoms with Crippen LogP contribution in [0.4, 0.5) is 0 Å². The molecule has 0 aromatic rings. The number of rotatable bonds is 1. The van der Waals surface area contributed by atoms with Crippen molar-refractivity contribution in [2.24, 2.45) is 5.73 Å². The predicted molar refractivity (Wildman–Crippen MR) is 55.4 cm³/mol. The number of thiocarbonyl (C=S) groups is 1. The topological polar surface area (TPSA) is 38.0 Å². The summed E-state index contributed by atoms with van der Waals surface area (Å²) in [7, 11) is 0. The van der Waals surface area contributed by atoms with Gasteiger partial charge in [-0.15, -0.1) is 0 Å². The first-order chi connectivity index (χ1) is 5.79. The molecular weight excluding hydrogens is 168 g/mol. The molecule has 0 bridgehead atoms. The molecular formula is C9H10N2S. The van der Waals surface area contributed by atoms with Gasteiger partial charge in [0.2, 0.25) is 0 Å². The van der Waals surface area contributed by atoms with Crippen molar-refractivity contribution in [3.05, 3.63) is 48.2 Å². The molecule has 0 heterocycles. The zero-order chi connectivity index (χ0) is 8.81. The fraction of sp³-hybridized carbons (Fsp3) is 0. The molecule has 0 aliphatic heterocycles. The Morgan fingerprint density at radius 2 is 1.83 bits per heavy atom. The van der Waals surface area contributed by atoms with E-state index in [2.05, 4.69) is 5.32 Å². The van der Waals surface area contributed by atoms with Gasteiger partial charge in [0, 0.05) is 5.70 Å². The second kappa shape index (κ2) is 4.51. The maximum Gasteiger partial charge on any atom is 0.168 e. The van der Waals surface area contributed by atoms with E-state index < -0.39 is 0 Å². The maximum absolute atomic E-state index is 5.32. The molecule has 0 radical (unpaired) electrons. The Morgan fingerprint density at radius 3 is 2.58 bits per heavy atom. The summed E-state index contributed by atoms with van der Waals surface area (Å²) >= 11 is 4.70. The molecule has 0 atom stereocenters. The van der Waals surface area contributed by atoms with Gasteiger partial charge in [0.15, 0.2) is 5.11 Å². The zero-order valence-corrected chi connectivity index (χ0v) is 7.34. The molecule has 0 unspecified atom stereocenters. The van der Waals surface area contributed by atoms with Crippen molar-refractivity contribution in [2.45, 2.75) is 0 Å². The van der Waals surface area contributed by atoms with E-state index in [-0.39, 0.29) is 5.11 Å². The standard InChI is InChI=1S/C9H10N2S/c10-9(12)11-8-6-4-2-1-3-5-7-8/h1-7H,(H3,10,11,12)/b2-1-,3-1?,4-2?,5-3-,6-4-,7-5?,8-6?,8-7+. The van der Waals surface area contributed by atoms with Gasteiger partial charge in [0.25, 0.3) is 0 Å². The lowest BCUT2D eigenvalue weighted by Crippen LogP contribution is -2.27. The molecule has 0 saturated heterocycles. The molecule has 0 saturated carbocycles. The molecule has 0 spiro atoms. The number of nitrogens with one attached hydrogen (secondary N) is 1. The van der Waals surface area contributed by atoms with E-state index in [1.54, 1.807) is 0 Å². The van der Waals surface area contributed by atoms with E-state index >= 15 is 0 Å². The fourth-order valence-corrected chi connectivity index (χ4v) is 0.910. The monoisotopic (exact) mass is 178 g/mol. The molecule has 12 heavy (non-hydrogen) atoms. The SMILES string of the molecule is NC(=S)NC1=C/C=C\C=C/C=C\1. The third-order valence-electron chi connectivity index (χ3n) is 1.26. The fourth-order valence-electron chi connectivity index (χ4n) is 0.792. The highest BCUT2D eigenvalue weighted by molar-refractivity contribution is 7.80. The van der Waals surface area contributed by atoms with Crippen molar-refractivity contribution in [2.75, 3.05) is 0 Å². The van der Waals surface area contributed by atoms with Crippen LogP contribution < -0.4 is 11.1 Å². The van der Waals surface area contributed by atoms with Crippen molar-refractivity contribution in [1.29, 1.82) is 0 Å². The zero-order valence-electron chi connectivity index (χ0n) is 6.53. The minimum atomic E-state index is 0.281. The normalized spacial score (nSPS) is 27.2. The molecule has 0 aromatic heterocycles. The van der Waals surface area contributed by atoms with E-state index in [1.807, 2.05) is 42.5 Å². The largest absolute Gasteiger partial charge is 0.376 e. The summed E-state index contributed by atoms with van der Waals surface area (Å²) in [6.07, 6.45) is 13.5. The van der Waals surface area contributed by atoms with Crippen LogP contribution in [0.25, 0.3) is 0 Å². The lowest BCUT2D eigenvalue weighted by Gasteiger charge is -2.03. The van der Waals surface area contributed by atoms with E-state index in [0.29, 0.717) is 0 Å². The maximum atomic E-state index is 5.32. The summed E-state index contributed by atoms with van der Waals surface area (Å²) in [4.78, 5) is 0. The summed E-state index contributed by atoms with van der Waals surface area (Å²) in [5, 5.41) is 3.13. The van der Waals surface area contributed by atoms with Crippen molar-refractivity contribution in [3.8, 4) is 0 Å². The van der Waals surface area contributed by atoms with E-state index in [4.69, 9.17) is 18.0 Å². The van der Waals surface area contributed by atoms with E-state index in [1.165, 1.54) is 0 Å². The molecule has 1 aliphatic carbocycles. The quantitative estimate of drug-likeness (QED) is 0.596. The van der Waals surface area contributed by atoms with Crippen LogP contribution in [0.15, 0.2) is 48.2 Å². The Balaban J connectivity index is 2.69. The van der Waals surface area contributed by atoms with Crippen molar-refractivity contribution >= 4 is 17.3 Å². The Bertz CT molecular complexity index is 285. The first-order valence-corrected chi connectivity index (χ1v) is 3.98. The second-order valence-electron chi connectivity index (χ2n) is 2.24. The smallest absolute Gasteiger partial charge is 0.168 e. The summed E-state index contributed by atoms with van der Waals surface area (Å²) in [6, 6.07) is 0. The first kappa shape index (κ1) is 8.74. The highest BCUT2D eigenvalue weighted by atomic mass is 32.1. The van der Waals surface area contributed by atoms with Crippen LogP contribution in [0.3, 0.4) is 0 Å². The van der Waals surface area contributed by atoms with E-state index in [9.17, 15) is 0 Å². The Hall–Kier alpha value is -1.35. The van der Waals surface area contributed by atoms with Gasteiger partial charge in [0.1, 0.15) is 0 Å². The summed E-state index contributed by atoms with van der Waals surface area (Å²) in [6.45, 7) is 0. The van der Waals surface area contributed by atoms with Gasteiger partial charge in [-0.2, -0.15) is 0 Å². The molecule has 3 N–H and O–H groups in total. The molecule has 2 nitrogen and oxygen atoms in total. The third-order valence-corrected chi connectivity index (χ3v) is 1.37. The van der Waals surface area contributed by atoms with Gasteiger partial charge in [-0.3, -0.25) is 0 Å². The van der Waals surface area contributed by atoms with Gasteiger partial charge in [-0.25, -0.2) is 0 Å². The molecule has 1 aliphatic rings. The van der Waals surface area contributed by atoms with Gasteiger partial charge >= 0.3 is 0 Å². The summed E-state index contributed by atoms with van der Waals surface area (Å²) in [5.74, 6) is 0. The van der Waals surface area contributed by atoms with Gasteiger partial charge in [-0.05, 0) is 24.4 Å². The van der Waals surface area contributed by atoms with Crippen molar-refractivity contribution in [3.63, 3.8) is 0 Å². The lowest BCUT2D eigenvalue weighted by atomic mass is 10.3. The van der Waals surface area contributed by atoms with E-state index in [0.717, 1.165) is 5.70 Å².